The van der Waals surface area contributed by atoms with E-state index >= 15 is 0 Å². The number of aryl methyl sites for hydroxylation is 1. The van der Waals surface area contributed by atoms with E-state index in [2.05, 4.69) is 45.9 Å². The fourth-order valence-corrected chi connectivity index (χ4v) is 4.20. The second-order valence-corrected chi connectivity index (χ2v) is 7.35. The molecule has 0 unspecified atom stereocenters. The lowest BCUT2D eigenvalue weighted by Crippen LogP contribution is -2.51. The highest BCUT2D eigenvalue weighted by Crippen LogP contribution is 2.26. The average Bonchev–Trinajstić information content (AvgIpc) is 2.94. The smallest absolute Gasteiger partial charge is 0.320 e. The summed E-state index contributed by atoms with van der Waals surface area (Å²) >= 11 is 0. The van der Waals surface area contributed by atoms with Crippen LogP contribution >= 0.6 is 0 Å². The quantitative estimate of drug-likeness (QED) is 0.852. The van der Waals surface area contributed by atoms with Gasteiger partial charge in [-0.05, 0) is 25.3 Å². The lowest BCUT2D eigenvalue weighted by Gasteiger charge is -2.36. The number of rotatable bonds is 3. The number of carbonyl (C=O) groups is 1. The van der Waals surface area contributed by atoms with Crippen LogP contribution in [0.25, 0.3) is 0 Å². The SMILES string of the molecule is Cc1ccc(CN2CCN3C(=O)N(C4CCOCC4)C[C@H]3C2)cc1. The Morgan fingerprint density at radius 3 is 2.50 bits per heavy atom. The molecule has 0 aromatic heterocycles. The van der Waals surface area contributed by atoms with Crippen molar-refractivity contribution in [3.63, 3.8) is 0 Å². The van der Waals surface area contributed by atoms with Gasteiger partial charge in [-0.3, -0.25) is 4.90 Å². The molecular formula is C19H27N3O2. The first-order valence-electron chi connectivity index (χ1n) is 9.13. The lowest BCUT2D eigenvalue weighted by atomic mass is 10.1. The van der Waals surface area contributed by atoms with Crippen LogP contribution in [-0.4, -0.2) is 72.2 Å². The van der Waals surface area contributed by atoms with E-state index in [-0.39, 0.29) is 6.03 Å². The Morgan fingerprint density at radius 2 is 1.75 bits per heavy atom. The third-order valence-corrected chi connectivity index (χ3v) is 5.62. The monoisotopic (exact) mass is 329 g/mol. The van der Waals surface area contributed by atoms with E-state index in [0.717, 1.165) is 58.8 Å². The van der Waals surface area contributed by atoms with Gasteiger partial charge < -0.3 is 14.5 Å². The summed E-state index contributed by atoms with van der Waals surface area (Å²) in [4.78, 5) is 19.4. The third-order valence-electron chi connectivity index (χ3n) is 5.62. The number of ether oxygens (including phenoxy) is 1. The zero-order valence-corrected chi connectivity index (χ0v) is 14.5. The summed E-state index contributed by atoms with van der Waals surface area (Å²) in [6.07, 6.45) is 1.97. The molecule has 5 heteroatoms. The van der Waals surface area contributed by atoms with Gasteiger partial charge in [-0.2, -0.15) is 0 Å². The number of benzene rings is 1. The maximum absolute atomic E-state index is 12.7. The van der Waals surface area contributed by atoms with Crippen molar-refractivity contribution >= 4 is 6.03 Å². The molecule has 0 saturated carbocycles. The van der Waals surface area contributed by atoms with Crippen LogP contribution in [0.3, 0.4) is 0 Å². The number of nitrogens with zero attached hydrogens (tertiary/aromatic N) is 3. The number of fused-ring (bicyclic) bond motifs is 1. The predicted molar refractivity (Wildman–Crippen MR) is 92.9 cm³/mol. The molecule has 1 aromatic rings. The van der Waals surface area contributed by atoms with Crippen LogP contribution in [0, 0.1) is 6.92 Å². The number of hydrogen-bond acceptors (Lipinski definition) is 3. The highest BCUT2D eigenvalue weighted by molar-refractivity contribution is 5.77. The molecule has 5 nitrogen and oxygen atoms in total. The van der Waals surface area contributed by atoms with Gasteiger partial charge >= 0.3 is 6.03 Å². The zero-order chi connectivity index (χ0) is 16.5. The number of carbonyl (C=O) groups excluding carboxylic acids is 1. The van der Waals surface area contributed by atoms with Gasteiger partial charge in [-0.15, -0.1) is 0 Å². The van der Waals surface area contributed by atoms with Crippen molar-refractivity contribution in [2.45, 2.75) is 38.4 Å². The van der Waals surface area contributed by atoms with E-state index in [9.17, 15) is 4.79 Å². The van der Waals surface area contributed by atoms with Gasteiger partial charge in [0, 0.05) is 52.0 Å². The van der Waals surface area contributed by atoms with E-state index in [0.29, 0.717) is 12.1 Å². The first-order chi connectivity index (χ1) is 11.7. The predicted octanol–water partition coefficient (Wildman–Crippen LogP) is 2.10. The highest BCUT2D eigenvalue weighted by Gasteiger charge is 2.43. The molecule has 24 heavy (non-hydrogen) atoms. The molecule has 0 spiro atoms. The Morgan fingerprint density at radius 1 is 1.00 bits per heavy atom. The van der Waals surface area contributed by atoms with E-state index < -0.39 is 0 Å². The van der Waals surface area contributed by atoms with Crippen molar-refractivity contribution in [1.29, 1.82) is 0 Å². The summed E-state index contributed by atoms with van der Waals surface area (Å²) in [5.41, 5.74) is 2.66. The Balaban J connectivity index is 1.38. The molecule has 0 radical (unpaired) electrons. The molecule has 3 heterocycles. The molecule has 3 aliphatic rings. The molecule has 0 aliphatic carbocycles. The second kappa shape index (κ2) is 6.73. The average molecular weight is 329 g/mol. The van der Waals surface area contributed by atoms with Gasteiger partial charge in [-0.1, -0.05) is 29.8 Å². The Kier molecular flexibility index (Phi) is 4.46. The van der Waals surface area contributed by atoms with E-state index in [4.69, 9.17) is 4.74 Å². The molecule has 130 valence electrons. The van der Waals surface area contributed by atoms with Crippen LogP contribution in [0.2, 0.25) is 0 Å². The van der Waals surface area contributed by atoms with E-state index in [1.54, 1.807) is 0 Å². The second-order valence-electron chi connectivity index (χ2n) is 7.35. The minimum absolute atomic E-state index is 0.252. The fraction of sp³-hybridized carbons (Fsp3) is 0.632. The highest BCUT2D eigenvalue weighted by atomic mass is 16.5. The van der Waals surface area contributed by atoms with Crippen LogP contribution in [0.4, 0.5) is 4.79 Å². The van der Waals surface area contributed by atoms with Crippen molar-refractivity contribution in [2.75, 3.05) is 39.4 Å². The van der Waals surface area contributed by atoms with Crippen molar-refractivity contribution in [3.05, 3.63) is 35.4 Å². The molecule has 3 fully saturated rings. The molecular weight excluding hydrogens is 302 g/mol. The zero-order valence-electron chi connectivity index (χ0n) is 14.5. The molecule has 0 N–H and O–H groups in total. The van der Waals surface area contributed by atoms with E-state index in [1.165, 1.54) is 11.1 Å². The molecule has 2 amide bonds. The fourth-order valence-electron chi connectivity index (χ4n) is 4.20. The van der Waals surface area contributed by atoms with Crippen molar-refractivity contribution in [3.8, 4) is 0 Å². The molecule has 0 bridgehead atoms. The van der Waals surface area contributed by atoms with Crippen molar-refractivity contribution in [2.24, 2.45) is 0 Å². The maximum Gasteiger partial charge on any atom is 0.320 e. The number of urea groups is 1. The van der Waals surface area contributed by atoms with Crippen molar-refractivity contribution in [1.82, 2.24) is 14.7 Å². The summed E-state index contributed by atoms with van der Waals surface area (Å²) in [7, 11) is 0. The van der Waals surface area contributed by atoms with Gasteiger partial charge in [-0.25, -0.2) is 4.79 Å². The standard InChI is InChI=1S/C19H27N3O2/c1-15-2-4-16(5-3-15)12-20-8-9-21-18(13-20)14-22(19(21)23)17-6-10-24-11-7-17/h2-5,17-18H,6-14H2,1H3/t18-/m1/s1. The van der Waals surface area contributed by atoms with Gasteiger partial charge in [0.2, 0.25) is 0 Å². The molecule has 1 atom stereocenters. The first kappa shape index (κ1) is 15.9. The lowest BCUT2D eigenvalue weighted by molar-refractivity contribution is 0.0504. The summed E-state index contributed by atoms with van der Waals surface area (Å²) in [5, 5.41) is 0. The normalized spacial score (nSPS) is 26.0. The maximum atomic E-state index is 12.7. The molecule has 3 aliphatic heterocycles. The summed E-state index contributed by atoms with van der Waals surface area (Å²) in [5.74, 6) is 0. The van der Waals surface area contributed by atoms with Crippen LogP contribution in [-0.2, 0) is 11.3 Å². The van der Waals surface area contributed by atoms with E-state index in [1.807, 2.05) is 0 Å². The first-order valence-corrected chi connectivity index (χ1v) is 9.13. The minimum Gasteiger partial charge on any atom is -0.381 e. The largest absolute Gasteiger partial charge is 0.381 e. The topological polar surface area (TPSA) is 36.0 Å². The number of piperazine rings is 1. The van der Waals surface area contributed by atoms with Crippen LogP contribution in [0.15, 0.2) is 24.3 Å². The Labute approximate surface area is 144 Å². The summed E-state index contributed by atoms with van der Waals surface area (Å²) in [6, 6.07) is 9.77. The number of amides is 2. The summed E-state index contributed by atoms with van der Waals surface area (Å²) in [6.45, 7) is 8.38. The van der Waals surface area contributed by atoms with Crippen LogP contribution < -0.4 is 0 Å². The van der Waals surface area contributed by atoms with Gasteiger partial charge in [0.05, 0.1) is 6.04 Å². The number of hydrogen-bond donors (Lipinski definition) is 0. The summed E-state index contributed by atoms with van der Waals surface area (Å²) < 4.78 is 5.45. The third kappa shape index (κ3) is 3.15. The van der Waals surface area contributed by atoms with Crippen LogP contribution in [0.1, 0.15) is 24.0 Å². The molecule has 1 aromatic carbocycles. The van der Waals surface area contributed by atoms with Gasteiger partial charge in [0.1, 0.15) is 0 Å². The van der Waals surface area contributed by atoms with Crippen molar-refractivity contribution < 1.29 is 9.53 Å². The molecule has 3 saturated heterocycles. The Bertz CT molecular complexity index is 583. The Hall–Kier alpha value is -1.59. The van der Waals surface area contributed by atoms with Gasteiger partial charge in [0.15, 0.2) is 0 Å². The molecule has 4 rings (SSSR count). The minimum atomic E-state index is 0.252. The van der Waals surface area contributed by atoms with Crippen LogP contribution in [0.5, 0.6) is 0 Å². The van der Waals surface area contributed by atoms with Gasteiger partial charge in [0.25, 0.3) is 0 Å².